The van der Waals surface area contributed by atoms with Gasteiger partial charge < -0.3 is 14.9 Å². The Labute approximate surface area is 114 Å². The molecule has 0 bridgehead atoms. The molecule has 106 valence electrons. The molecule has 6 heteroatoms. The fourth-order valence-electron chi connectivity index (χ4n) is 1.69. The second kappa shape index (κ2) is 8.42. The molecule has 0 aliphatic rings. The van der Waals surface area contributed by atoms with Gasteiger partial charge >= 0.3 is 0 Å². The Morgan fingerprint density at radius 1 is 1.32 bits per heavy atom. The van der Waals surface area contributed by atoms with Gasteiger partial charge in [0.1, 0.15) is 0 Å². The normalized spacial score (nSPS) is 10.3. The minimum absolute atomic E-state index is 0.0129. The number of amides is 1. The summed E-state index contributed by atoms with van der Waals surface area (Å²) in [6, 6.07) is 1.73. The second-order valence-electron chi connectivity index (χ2n) is 4.36. The summed E-state index contributed by atoms with van der Waals surface area (Å²) in [4.78, 5) is 23.7. The second-order valence-corrected chi connectivity index (χ2v) is 4.36. The van der Waals surface area contributed by atoms with Crippen LogP contribution in [0.5, 0.6) is 0 Å². The minimum atomic E-state index is -0.0162. The number of nitrogens with zero attached hydrogens (tertiary/aromatic N) is 4. The number of aliphatic hydroxyl groups is 1. The third-order valence-corrected chi connectivity index (χ3v) is 2.77. The maximum Gasteiger partial charge on any atom is 0.242 e. The van der Waals surface area contributed by atoms with Crippen LogP contribution < -0.4 is 4.90 Å². The number of carbonyl (C=O) groups excluding carboxylic acids is 1. The van der Waals surface area contributed by atoms with Crippen LogP contribution in [0.3, 0.4) is 0 Å². The first-order chi connectivity index (χ1) is 9.19. The minimum Gasteiger partial charge on any atom is -0.395 e. The summed E-state index contributed by atoms with van der Waals surface area (Å²) >= 11 is 0. The van der Waals surface area contributed by atoms with Crippen molar-refractivity contribution in [1.82, 2.24) is 14.9 Å². The predicted molar refractivity (Wildman–Crippen MR) is 73.9 cm³/mol. The number of aliphatic hydroxyl groups excluding tert-OH is 1. The molecular weight excluding hydrogens is 244 g/mol. The molecule has 1 aromatic rings. The Kier molecular flexibility index (Phi) is 6.81. The van der Waals surface area contributed by atoms with Gasteiger partial charge in [-0.2, -0.15) is 0 Å². The third-order valence-electron chi connectivity index (χ3n) is 2.77. The molecule has 1 rings (SSSR count). The van der Waals surface area contributed by atoms with E-state index in [1.54, 1.807) is 35.3 Å². The molecule has 0 unspecified atom stereocenters. The van der Waals surface area contributed by atoms with Crippen molar-refractivity contribution in [2.24, 2.45) is 0 Å². The highest BCUT2D eigenvalue weighted by atomic mass is 16.3. The number of rotatable bonds is 8. The van der Waals surface area contributed by atoms with E-state index < -0.39 is 0 Å². The van der Waals surface area contributed by atoms with Crippen molar-refractivity contribution in [3.05, 3.63) is 18.5 Å². The highest BCUT2D eigenvalue weighted by Gasteiger charge is 2.15. The van der Waals surface area contributed by atoms with E-state index in [9.17, 15) is 4.79 Å². The Morgan fingerprint density at radius 2 is 2.00 bits per heavy atom. The zero-order valence-electron chi connectivity index (χ0n) is 11.6. The maximum absolute atomic E-state index is 12.1. The molecule has 0 aromatic carbocycles. The van der Waals surface area contributed by atoms with E-state index >= 15 is 0 Å². The molecule has 19 heavy (non-hydrogen) atoms. The molecule has 0 spiro atoms. The van der Waals surface area contributed by atoms with Crippen LogP contribution in [0.2, 0.25) is 0 Å². The number of unbranched alkanes of at least 4 members (excludes halogenated alkanes) is 1. The van der Waals surface area contributed by atoms with Crippen molar-refractivity contribution >= 4 is 11.9 Å². The molecule has 0 saturated heterocycles. The summed E-state index contributed by atoms with van der Waals surface area (Å²) in [5, 5.41) is 9.00. The van der Waals surface area contributed by atoms with Crippen molar-refractivity contribution in [3.8, 4) is 0 Å². The van der Waals surface area contributed by atoms with Gasteiger partial charge in [-0.3, -0.25) is 4.79 Å². The number of likely N-dealkylation sites (N-methyl/N-ethyl adjacent to an activating group) is 1. The van der Waals surface area contributed by atoms with Crippen LogP contribution in [0.1, 0.15) is 19.8 Å². The molecule has 1 heterocycles. The third kappa shape index (κ3) is 5.21. The highest BCUT2D eigenvalue weighted by Crippen LogP contribution is 2.03. The Bertz CT molecular complexity index is 372. The van der Waals surface area contributed by atoms with Gasteiger partial charge in [-0.1, -0.05) is 13.3 Å². The zero-order chi connectivity index (χ0) is 14.1. The summed E-state index contributed by atoms with van der Waals surface area (Å²) in [5.41, 5.74) is 0. The summed E-state index contributed by atoms with van der Waals surface area (Å²) < 4.78 is 0. The Morgan fingerprint density at radius 3 is 2.58 bits per heavy atom. The number of anilines is 1. The molecule has 0 saturated carbocycles. The van der Waals surface area contributed by atoms with Crippen molar-refractivity contribution in [2.45, 2.75) is 19.8 Å². The molecule has 0 aliphatic carbocycles. The van der Waals surface area contributed by atoms with Crippen molar-refractivity contribution in [1.29, 1.82) is 0 Å². The van der Waals surface area contributed by atoms with E-state index in [0.29, 0.717) is 19.0 Å². The van der Waals surface area contributed by atoms with Gasteiger partial charge in [0, 0.05) is 32.5 Å². The molecule has 6 nitrogen and oxygen atoms in total. The lowest BCUT2D eigenvalue weighted by atomic mass is 10.3. The first-order valence-electron chi connectivity index (χ1n) is 6.55. The number of aromatic nitrogens is 2. The Hall–Kier alpha value is -1.69. The van der Waals surface area contributed by atoms with E-state index in [-0.39, 0.29) is 19.1 Å². The van der Waals surface area contributed by atoms with Crippen LogP contribution in [-0.4, -0.2) is 59.2 Å². The van der Waals surface area contributed by atoms with Crippen molar-refractivity contribution < 1.29 is 9.90 Å². The molecule has 1 N–H and O–H groups in total. The van der Waals surface area contributed by atoms with Crippen LogP contribution in [0.15, 0.2) is 18.5 Å². The van der Waals surface area contributed by atoms with Crippen LogP contribution >= 0.6 is 0 Å². The zero-order valence-corrected chi connectivity index (χ0v) is 11.6. The lowest BCUT2D eigenvalue weighted by Crippen LogP contribution is -2.41. The predicted octanol–water partition coefficient (Wildman–Crippen LogP) is 0.534. The van der Waals surface area contributed by atoms with Gasteiger partial charge in [0.05, 0.1) is 13.2 Å². The van der Waals surface area contributed by atoms with E-state index in [2.05, 4.69) is 16.9 Å². The van der Waals surface area contributed by atoms with Gasteiger partial charge in [0.2, 0.25) is 11.9 Å². The van der Waals surface area contributed by atoms with Crippen molar-refractivity contribution in [3.63, 3.8) is 0 Å². The van der Waals surface area contributed by atoms with E-state index in [1.807, 2.05) is 0 Å². The van der Waals surface area contributed by atoms with Gasteiger partial charge in [0.25, 0.3) is 0 Å². The van der Waals surface area contributed by atoms with Crippen LogP contribution in [0.25, 0.3) is 0 Å². The molecule has 1 aromatic heterocycles. The van der Waals surface area contributed by atoms with E-state index in [1.165, 1.54) is 0 Å². The molecule has 1 amide bonds. The molecule has 0 aliphatic heterocycles. The number of carbonyl (C=O) groups is 1. The fraction of sp³-hybridized carbons (Fsp3) is 0.615. The first-order valence-corrected chi connectivity index (χ1v) is 6.55. The molecule has 0 fully saturated rings. The summed E-state index contributed by atoms with van der Waals surface area (Å²) in [6.07, 6.45) is 5.25. The lowest BCUT2D eigenvalue weighted by molar-refractivity contribution is -0.130. The average molecular weight is 266 g/mol. The van der Waals surface area contributed by atoms with Gasteiger partial charge in [-0.15, -0.1) is 0 Å². The first kappa shape index (κ1) is 15.4. The molecule has 0 radical (unpaired) electrons. The van der Waals surface area contributed by atoms with E-state index in [4.69, 9.17) is 5.11 Å². The van der Waals surface area contributed by atoms with Crippen LogP contribution in [-0.2, 0) is 4.79 Å². The largest absolute Gasteiger partial charge is 0.395 e. The van der Waals surface area contributed by atoms with E-state index in [0.717, 1.165) is 12.8 Å². The van der Waals surface area contributed by atoms with Gasteiger partial charge in [-0.05, 0) is 12.5 Å². The van der Waals surface area contributed by atoms with Gasteiger partial charge in [0.15, 0.2) is 0 Å². The van der Waals surface area contributed by atoms with Crippen LogP contribution in [0, 0.1) is 0 Å². The topological polar surface area (TPSA) is 69.6 Å². The molecule has 0 atom stereocenters. The summed E-state index contributed by atoms with van der Waals surface area (Å²) in [5.74, 6) is 0.507. The maximum atomic E-state index is 12.1. The van der Waals surface area contributed by atoms with Gasteiger partial charge in [-0.25, -0.2) is 9.97 Å². The smallest absolute Gasteiger partial charge is 0.242 e. The Balaban J connectivity index is 2.55. The summed E-state index contributed by atoms with van der Waals surface area (Å²) in [7, 11) is 1.78. The monoisotopic (exact) mass is 266 g/mol. The standard InChI is InChI=1S/C13H22N4O2/c1-3-4-8-17(9-10-18)12(19)11-16(2)13-14-6-5-7-15-13/h5-7,18H,3-4,8-11H2,1-2H3. The number of hydrogen-bond donors (Lipinski definition) is 1. The molecular formula is C13H22N4O2. The lowest BCUT2D eigenvalue weighted by Gasteiger charge is -2.24. The average Bonchev–Trinajstić information content (AvgIpc) is 2.44. The van der Waals surface area contributed by atoms with Crippen LogP contribution in [0.4, 0.5) is 5.95 Å². The highest BCUT2D eigenvalue weighted by molar-refractivity contribution is 5.80. The SMILES string of the molecule is CCCCN(CCO)C(=O)CN(C)c1ncccn1. The van der Waals surface area contributed by atoms with Crippen molar-refractivity contribution in [2.75, 3.05) is 38.2 Å². The number of hydrogen-bond acceptors (Lipinski definition) is 5. The summed E-state index contributed by atoms with van der Waals surface area (Å²) in [6.45, 7) is 3.34. The quantitative estimate of drug-likeness (QED) is 0.743. The fourth-order valence-corrected chi connectivity index (χ4v) is 1.69.